The average molecular weight is 283 g/mol. The molecule has 0 atom stereocenters. The number of rotatable bonds is 7. The van der Waals surface area contributed by atoms with E-state index in [1.165, 1.54) is 12.3 Å². The number of hydrogen-bond donors (Lipinski definition) is 2. The van der Waals surface area contributed by atoms with Crippen LogP contribution in [0.2, 0.25) is 0 Å². The molecule has 0 aromatic carbocycles. The molecule has 1 heterocycles. The van der Waals surface area contributed by atoms with Crippen LogP contribution in [0.3, 0.4) is 0 Å². The van der Waals surface area contributed by atoms with Crippen molar-refractivity contribution in [2.24, 2.45) is 5.41 Å². The van der Waals surface area contributed by atoms with Gasteiger partial charge in [0.2, 0.25) is 0 Å². The summed E-state index contributed by atoms with van der Waals surface area (Å²) in [7, 11) is 1.63. The van der Waals surface area contributed by atoms with Crippen molar-refractivity contribution in [2.45, 2.75) is 26.7 Å². The lowest BCUT2D eigenvalue weighted by molar-refractivity contribution is 0.0166. The standard InChI is InChI=1S/C13H21N3O4/c1-4-13(5-2,8-19-3)9-20-12(18)16-10-6-7-14-11(17)15-10/h6-7H,4-5,8-9H2,1-3H3,(H2,14,15,16,17,18). The van der Waals surface area contributed by atoms with Gasteiger partial charge in [0.15, 0.2) is 0 Å². The second-order valence-corrected chi connectivity index (χ2v) is 4.63. The topological polar surface area (TPSA) is 93.3 Å². The molecule has 0 fully saturated rings. The van der Waals surface area contributed by atoms with Crippen LogP contribution in [0.4, 0.5) is 10.6 Å². The molecule has 0 unspecified atom stereocenters. The van der Waals surface area contributed by atoms with Crippen LogP contribution in [-0.2, 0) is 9.47 Å². The van der Waals surface area contributed by atoms with Crippen molar-refractivity contribution in [1.29, 1.82) is 0 Å². The van der Waals surface area contributed by atoms with E-state index in [2.05, 4.69) is 15.3 Å². The van der Waals surface area contributed by atoms with Gasteiger partial charge in [-0.25, -0.2) is 14.6 Å². The second-order valence-electron chi connectivity index (χ2n) is 4.63. The van der Waals surface area contributed by atoms with Crippen LogP contribution >= 0.6 is 0 Å². The Bertz CT molecular complexity index is 483. The number of ether oxygens (including phenoxy) is 2. The van der Waals surface area contributed by atoms with Crippen LogP contribution in [0.15, 0.2) is 17.1 Å². The summed E-state index contributed by atoms with van der Waals surface area (Å²) < 4.78 is 10.4. The van der Waals surface area contributed by atoms with E-state index in [1.54, 1.807) is 7.11 Å². The molecule has 7 nitrogen and oxygen atoms in total. The van der Waals surface area contributed by atoms with E-state index in [0.29, 0.717) is 6.61 Å². The third-order valence-corrected chi connectivity index (χ3v) is 3.37. The van der Waals surface area contributed by atoms with Gasteiger partial charge >= 0.3 is 11.8 Å². The van der Waals surface area contributed by atoms with Crippen molar-refractivity contribution in [2.75, 3.05) is 25.6 Å². The Balaban J connectivity index is 2.55. The summed E-state index contributed by atoms with van der Waals surface area (Å²) in [5.74, 6) is 0.250. The first kappa shape index (κ1) is 16.2. The minimum atomic E-state index is -0.616. The van der Waals surface area contributed by atoms with Crippen molar-refractivity contribution in [3.63, 3.8) is 0 Å². The highest BCUT2D eigenvalue weighted by Crippen LogP contribution is 2.27. The Hall–Kier alpha value is -1.89. The maximum atomic E-state index is 11.7. The summed E-state index contributed by atoms with van der Waals surface area (Å²) in [4.78, 5) is 28.5. The van der Waals surface area contributed by atoms with Gasteiger partial charge in [-0.3, -0.25) is 10.3 Å². The van der Waals surface area contributed by atoms with E-state index in [-0.39, 0.29) is 17.8 Å². The number of aromatic nitrogens is 2. The number of hydrogen-bond acceptors (Lipinski definition) is 5. The second kappa shape index (κ2) is 7.64. The number of nitrogens with zero attached hydrogens (tertiary/aromatic N) is 1. The van der Waals surface area contributed by atoms with Crippen LogP contribution in [0.5, 0.6) is 0 Å². The zero-order valence-electron chi connectivity index (χ0n) is 12.1. The number of anilines is 1. The smallest absolute Gasteiger partial charge is 0.412 e. The molecule has 0 radical (unpaired) electrons. The molecule has 112 valence electrons. The molecule has 0 saturated carbocycles. The van der Waals surface area contributed by atoms with Gasteiger partial charge in [-0.15, -0.1) is 0 Å². The van der Waals surface area contributed by atoms with Gasteiger partial charge in [0.1, 0.15) is 12.4 Å². The van der Waals surface area contributed by atoms with E-state index in [0.717, 1.165) is 12.8 Å². The largest absolute Gasteiger partial charge is 0.449 e. The van der Waals surface area contributed by atoms with E-state index >= 15 is 0 Å². The van der Waals surface area contributed by atoms with Gasteiger partial charge < -0.3 is 9.47 Å². The van der Waals surface area contributed by atoms with E-state index < -0.39 is 11.8 Å². The molecule has 7 heteroatoms. The SMILES string of the molecule is CCC(CC)(COC)COC(=O)Nc1ccnc(=O)[nH]1. The van der Waals surface area contributed by atoms with Gasteiger partial charge in [-0.1, -0.05) is 13.8 Å². The summed E-state index contributed by atoms with van der Waals surface area (Å²) in [5.41, 5.74) is -0.712. The van der Waals surface area contributed by atoms with Gasteiger partial charge in [0.25, 0.3) is 0 Å². The maximum absolute atomic E-state index is 11.7. The van der Waals surface area contributed by atoms with Crippen molar-refractivity contribution < 1.29 is 14.3 Å². The van der Waals surface area contributed by atoms with Crippen LogP contribution in [0.1, 0.15) is 26.7 Å². The van der Waals surface area contributed by atoms with Crippen LogP contribution in [0.25, 0.3) is 0 Å². The average Bonchev–Trinajstić information content (AvgIpc) is 2.44. The molecular weight excluding hydrogens is 262 g/mol. The number of carbonyl (C=O) groups is 1. The normalized spacial score (nSPS) is 11.2. The lowest BCUT2D eigenvalue weighted by Gasteiger charge is -2.30. The Morgan fingerprint density at radius 2 is 2.10 bits per heavy atom. The Morgan fingerprint density at radius 1 is 1.40 bits per heavy atom. The Kier molecular flexibility index (Phi) is 6.17. The zero-order valence-corrected chi connectivity index (χ0v) is 12.1. The number of nitrogens with one attached hydrogen (secondary N) is 2. The van der Waals surface area contributed by atoms with Crippen molar-refractivity contribution >= 4 is 11.9 Å². The third-order valence-electron chi connectivity index (χ3n) is 3.37. The lowest BCUT2D eigenvalue weighted by atomic mass is 9.84. The fraction of sp³-hybridized carbons (Fsp3) is 0.615. The van der Waals surface area contributed by atoms with Crippen molar-refractivity contribution in [1.82, 2.24) is 9.97 Å². The molecule has 1 amide bonds. The first-order valence-corrected chi connectivity index (χ1v) is 6.53. The predicted molar refractivity (Wildman–Crippen MR) is 74.7 cm³/mol. The summed E-state index contributed by atoms with van der Waals surface area (Å²) in [6.07, 6.45) is 2.38. The molecule has 1 aromatic rings. The van der Waals surface area contributed by atoms with E-state index in [1.807, 2.05) is 13.8 Å². The molecule has 0 bridgehead atoms. The minimum absolute atomic E-state index is 0.183. The van der Waals surface area contributed by atoms with Crippen molar-refractivity contribution in [3.8, 4) is 0 Å². The lowest BCUT2D eigenvalue weighted by Crippen LogP contribution is -2.33. The molecule has 20 heavy (non-hydrogen) atoms. The van der Waals surface area contributed by atoms with E-state index in [9.17, 15) is 9.59 Å². The highest BCUT2D eigenvalue weighted by Gasteiger charge is 2.28. The molecule has 0 aliphatic rings. The Morgan fingerprint density at radius 3 is 2.65 bits per heavy atom. The quantitative estimate of drug-likeness (QED) is 0.795. The van der Waals surface area contributed by atoms with Crippen LogP contribution < -0.4 is 11.0 Å². The monoisotopic (exact) mass is 283 g/mol. The van der Waals surface area contributed by atoms with Gasteiger partial charge in [-0.05, 0) is 18.9 Å². The molecule has 1 rings (SSSR count). The number of H-pyrrole nitrogens is 1. The number of aromatic amines is 1. The third kappa shape index (κ3) is 4.65. The summed E-state index contributed by atoms with van der Waals surface area (Å²) in [5, 5.41) is 2.45. The Labute approximate surface area is 117 Å². The number of amides is 1. The summed E-state index contributed by atoms with van der Waals surface area (Å²) in [6.45, 7) is 4.85. The molecule has 2 N–H and O–H groups in total. The van der Waals surface area contributed by atoms with Crippen LogP contribution in [-0.4, -0.2) is 36.4 Å². The highest BCUT2D eigenvalue weighted by molar-refractivity contribution is 5.83. The molecule has 0 aliphatic heterocycles. The fourth-order valence-electron chi connectivity index (χ4n) is 1.81. The minimum Gasteiger partial charge on any atom is -0.449 e. The zero-order chi connectivity index (χ0) is 15.0. The van der Waals surface area contributed by atoms with Gasteiger partial charge in [-0.2, -0.15) is 0 Å². The van der Waals surface area contributed by atoms with Crippen molar-refractivity contribution in [3.05, 3.63) is 22.7 Å². The van der Waals surface area contributed by atoms with Crippen LogP contribution in [0, 0.1) is 5.41 Å². The molecular formula is C13H21N3O4. The first-order valence-electron chi connectivity index (χ1n) is 6.53. The maximum Gasteiger partial charge on any atom is 0.412 e. The van der Waals surface area contributed by atoms with E-state index in [4.69, 9.17) is 9.47 Å². The molecule has 1 aromatic heterocycles. The highest BCUT2D eigenvalue weighted by atomic mass is 16.6. The molecule has 0 saturated heterocycles. The summed E-state index contributed by atoms with van der Waals surface area (Å²) >= 11 is 0. The first-order chi connectivity index (χ1) is 9.55. The number of carbonyl (C=O) groups excluding carboxylic acids is 1. The van der Waals surface area contributed by atoms with Gasteiger partial charge in [0, 0.05) is 18.7 Å². The molecule has 0 aliphatic carbocycles. The van der Waals surface area contributed by atoms with Gasteiger partial charge in [0.05, 0.1) is 6.61 Å². The number of methoxy groups -OCH3 is 1. The molecule has 0 spiro atoms. The predicted octanol–water partition coefficient (Wildman–Crippen LogP) is 1.77. The summed E-state index contributed by atoms with van der Waals surface area (Å²) in [6, 6.07) is 1.48. The fourth-order valence-corrected chi connectivity index (χ4v) is 1.81.